The molecule has 2 aromatic rings. The van der Waals surface area contributed by atoms with Crippen LogP contribution in [-0.4, -0.2) is 5.16 Å². The molecule has 0 aliphatic rings. The van der Waals surface area contributed by atoms with Crippen molar-refractivity contribution in [2.75, 3.05) is 5.73 Å². The van der Waals surface area contributed by atoms with Crippen LogP contribution in [0.1, 0.15) is 31.1 Å². The molecule has 15 heavy (non-hydrogen) atoms. The first-order valence-corrected chi connectivity index (χ1v) is 4.91. The number of aromatic nitrogens is 1. The van der Waals surface area contributed by atoms with Crippen LogP contribution in [0.3, 0.4) is 0 Å². The summed E-state index contributed by atoms with van der Waals surface area (Å²) in [6.07, 6.45) is 0. The summed E-state index contributed by atoms with van der Waals surface area (Å²) >= 11 is 0. The standard InChI is InChI=1S/C11H14N2O2/c1-6(2)9-10(13-15-11(9)12)8-5-4-7(3)14-8/h4-6H,12H2,1-3H3. The lowest BCUT2D eigenvalue weighted by atomic mass is 10.0. The van der Waals surface area contributed by atoms with Gasteiger partial charge in [-0.15, -0.1) is 0 Å². The van der Waals surface area contributed by atoms with E-state index in [1.54, 1.807) is 0 Å². The highest BCUT2D eigenvalue weighted by molar-refractivity contribution is 5.63. The predicted octanol–water partition coefficient (Wildman–Crippen LogP) is 2.95. The van der Waals surface area contributed by atoms with Gasteiger partial charge < -0.3 is 14.7 Å². The number of aryl methyl sites for hydroxylation is 1. The van der Waals surface area contributed by atoms with Gasteiger partial charge in [0.25, 0.3) is 0 Å². The fourth-order valence-corrected chi connectivity index (χ4v) is 1.61. The molecule has 0 radical (unpaired) electrons. The highest BCUT2D eigenvalue weighted by atomic mass is 16.5. The molecule has 0 amide bonds. The molecule has 2 aromatic heterocycles. The topological polar surface area (TPSA) is 65.2 Å². The van der Waals surface area contributed by atoms with Crippen LogP contribution in [0.5, 0.6) is 0 Å². The number of rotatable bonds is 2. The van der Waals surface area contributed by atoms with E-state index in [4.69, 9.17) is 14.7 Å². The number of nitrogen functional groups attached to an aromatic ring is 1. The smallest absolute Gasteiger partial charge is 0.226 e. The fourth-order valence-electron chi connectivity index (χ4n) is 1.61. The molecule has 0 atom stereocenters. The van der Waals surface area contributed by atoms with E-state index in [-0.39, 0.29) is 5.92 Å². The van der Waals surface area contributed by atoms with E-state index in [2.05, 4.69) is 5.16 Å². The molecule has 2 heterocycles. The molecule has 4 nitrogen and oxygen atoms in total. The molecular weight excluding hydrogens is 192 g/mol. The number of nitrogens with two attached hydrogens (primary N) is 1. The zero-order chi connectivity index (χ0) is 11.0. The van der Waals surface area contributed by atoms with Crippen LogP contribution in [0.4, 0.5) is 5.88 Å². The van der Waals surface area contributed by atoms with Crippen molar-refractivity contribution in [3.63, 3.8) is 0 Å². The predicted molar refractivity (Wildman–Crippen MR) is 57.4 cm³/mol. The molecule has 0 bridgehead atoms. The molecule has 0 fully saturated rings. The van der Waals surface area contributed by atoms with Crippen LogP contribution in [0.2, 0.25) is 0 Å². The Morgan fingerprint density at radius 1 is 1.33 bits per heavy atom. The zero-order valence-electron chi connectivity index (χ0n) is 9.07. The lowest BCUT2D eigenvalue weighted by molar-refractivity contribution is 0.434. The minimum absolute atomic E-state index is 0.261. The summed E-state index contributed by atoms with van der Waals surface area (Å²) in [4.78, 5) is 0. The second-order valence-corrected chi connectivity index (χ2v) is 3.87. The lowest BCUT2D eigenvalue weighted by Crippen LogP contribution is -1.93. The summed E-state index contributed by atoms with van der Waals surface area (Å²) in [5, 5.41) is 3.93. The Labute approximate surface area is 88.0 Å². The second kappa shape index (κ2) is 3.46. The molecule has 0 spiro atoms. The van der Waals surface area contributed by atoms with Crippen LogP contribution < -0.4 is 5.73 Å². The van der Waals surface area contributed by atoms with Gasteiger partial charge in [-0.25, -0.2) is 0 Å². The first-order chi connectivity index (χ1) is 7.09. The van der Waals surface area contributed by atoms with Gasteiger partial charge in [0.05, 0.1) is 5.56 Å². The molecule has 2 rings (SSSR count). The quantitative estimate of drug-likeness (QED) is 0.820. The summed E-state index contributed by atoms with van der Waals surface area (Å²) in [5.74, 6) is 2.18. The normalized spacial score (nSPS) is 11.2. The first-order valence-electron chi connectivity index (χ1n) is 4.91. The van der Waals surface area contributed by atoms with Gasteiger partial charge in [0.15, 0.2) is 11.5 Å². The largest absolute Gasteiger partial charge is 0.460 e. The molecule has 4 heteroatoms. The first kappa shape index (κ1) is 9.83. The summed E-state index contributed by atoms with van der Waals surface area (Å²) < 4.78 is 10.5. The van der Waals surface area contributed by atoms with Gasteiger partial charge in [-0.1, -0.05) is 19.0 Å². The van der Waals surface area contributed by atoms with Gasteiger partial charge >= 0.3 is 0 Å². The Bertz CT molecular complexity index is 469. The molecule has 0 aliphatic heterocycles. The Morgan fingerprint density at radius 2 is 2.07 bits per heavy atom. The zero-order valence-corrected chi connectivity index (χ0v) is 9.07. The van der Waals surface area contributed by atoms with E-state index in [9.17, 15) is 0 Å². The number of hydrogen-bond acceptors (Lipinski definition) is 4. The van der Waals surface area contributed by atoms with Crippen LogP contribution in [0.15, 0.2) is 21.1 Å². The summed E-state index contributed by atoms with van der Waals surface area (Å²) in [6, 6.07) is 3.77. The molecule has 0 unspecified atom stereocenters. The third kappa shape index (κ3) is 1.63. The highest BCUT2D eigenvalue weighted by Crippen LogP contribution is 2.33. The van der Waals surface area contributed by atoms with Crippen molar-refractivity contribution in [2.45, 2.75) is 26.7 Å². The third-order valence-corrected chi connectivity index (χ3v) is 2.31. The van der Waals surface area contributed by atoms with E-state index < -0.39 is 0 Å². The minimum Gasteiger partial charge on any atom is -0.460 e. The molecule has 0 saturated heterocycles. The van der Waals surface area contributed by atoms with Crippen molar-refractivity contribution in [1.82, 2.24) is 5.16 Å². The van der Waals surface area contributed by atoms with Gasteiger partial charge in [-0.2, -0.15) is 0 Å². The van der Waals surface area contributed by atoms with Gasteiger partial charge in [-0.3, -0.25) is 0 Å². The SMILES string of the molecule is Cc1ccc(-c2noc(N)c2C(C)C)o1. The van der Waals surface area contributed by atoms with Crippen LogP contribution in [-0.2, 0) is 0 Å². The molecule has 80 valence electrons. The molecule has 0 aliphatic carbocycles. The van der Waals surface area contributed by atoms with E-state index in [0.29, 0.717) is 17.3 Å². The summed E-state index contributed by atoms with van der Waals surface area (Å²) in [5.41, 5.74) is 7.33. The van der Waals surface area contributed by atoms with Crippen molar-refractivity contribution < 1.29 is 8.94 Å². The van der Waals surface area contributed by atoms with E-state index >= 15 is 0 Å². The Hall–Kier alpha value is -1.71. The van der Waals surface area contributed by atoms with E-state index in [1.165, 1.54) is 0 Å². The second-order valence-electron chi connectivity index (χ2n) is 3.87. The molecular formula is C11H14N2O2. The summed E-state index contributed by atoms with van der Waals surface area (Å²) in [7, 11) is 0. The number of hydrogen-bond donors (Lipinski definition) is 1. The highest BCUT2D eigenvalue weighted by Gasteiger charge is 2.20. The van der Waals surface area contributed by atoms with Gasteiger partial charge in [0.2, 0.25) is 5.88 Å². The Kier molecular flexibility index (Phi) is 2.26. The maximum Gasteiger partial charge on any atom is 0.226 e. The minimum atomic E-state index is 0.261. The van der Waals surface area contributed by atoms with Crippen LogP contribution >= 0.6 is 0 Å². The monoisotopic (exact) mass is 206 g/mol. The van der Waals surface area contributed by atoms with Crippen molar-refractivity contribution in [1.29, 1.82) is 0 Å². The number of furan rings is 1. The maximum atomic E-state index is 5.72. The average molecular weight is 206 g/mol. The van der Waals surface area contributed by atoms with Crippen LogP contribution in [0.25, 0.3) is 11.5 Å². The van der Waals surface area contributed by atoms with Gasteiger partial charge in [0.1, 0.15) is 5.76 Å². The molecule has 2 N–H and O–H groups in total. The third-order valence-electron chi connectivity index (χ3n) is 2.31. The summed E-state index contributed by atoms with van der Waals surface area (Å²) in [6.45, 7) is 5.98. The average Bonchev–Trinajstić information content (AvgIpc) is 2.71. The number of anilines is 1. The van der Waals surface area contributed by atoms with Gasteiger partial charge in [-0.05, 0) is 25.0 Å². The van der Waals surface area contributed by atoms with E-state index in [1.807, 2.05) is 32.9 Å². The molecule has 0 aromatic carbocycles. The maximum absolute atomic E-state index is 5.72. The van der Waals surface area contributed by atoms with Crippen molar-refractivity contribution in [3.8, 4) is 11.5 Å². The van der Waals surface area contributed by atoms with Crippen molar-refractivity contribution >= 4 is 5.88 Å². The fraction of sp³-hybridized carbons (Fsp3) is 0.364. The van der Waals surface area contributed by atoms with E-state index in [0.717, 1.165) is 11.3 Å². The molecule has 0 saturated carbocycles. The van der Waals surface area contributed by atoms with Crippen LogP contribution in [0, 0.1) is 6.92 Å². The van der Waals surface area contributed by atoms with Crippen molar-refractivity contribution in [2.24, 2.45) is 0 Å². The van der Waals surface area contributed by atoms with Gasteiger partial charge in [0, 0.05) is 0 Å². The van der Waals surface area contributed by atoms with Crippen molar-refractivity contribution in [3.05, 3.63) is 23.5 Å². The lowest BCUT2D eigenvalue weighted by Gasteiger charge is -2.02. The number of nitrogens with zero attached hydrogens (tertiary/aromatic N) is 1. The Morgan fingerprint density at radius 3 is 2.60 bits per heavy atom. The Balaban J connectivity index is 2.53.